The molecule has 144 valence electrons. The minimum absolute atomic E-state index is 0.0126. The number of halogens is 6. The molecule has 0 aliphatic rings. The van der Waals surface area contributed by atoms with Gasteiger partial charge >= 0.3 is 12.4 Å². The zero-order valence-electron chi connectivity index (χ0n) is 14.0. The molecule has 0 spiro atoms. The van der Waals surface area contributed by atoms with Gasteiger partial charge in [0.05, 0.1) is 17.2 Å². The lowest BCUT2D eigenvalue weighted by molar-refractivity contribution is -0.138. The summed E-state index contributed by atoms with van der Waals surface area (Å²) in [6, 6.07) is 7.29. The van der Waals surface area contributed by atoms with Crippen molar-refractivity contribution in [3.63, 3.8) is 0 Å². The maximum absolute atomic E-state index is 13.1. The number of hydrogen-bond acceptors (Lipinski definition) is 2. The highest BCUT2D eigenvalue weighted by atomic mass is 19.4. The molecule has 3 aromatic carbocycles. The van der Waals surface area contributed by atoms with Crippen molar-refractivity contribution in [2.24, 2.45) is 0 Å². The van der Waals surface area contributed by atoms with Gasteiger partial charge in [-0.2, -0.15) is 26.3 Å². The van der Waals surface area contributed by atoms with Crippen molar-refractivity contribution in [1.29, 1.82) is 0 Å². The third-order valence-corrected chi connectivity index (χ3v) is 4.40. The molecule has 0 bridgehead atoms. The summed E-state index contributed by atoms with van der Waals surface area (Å²) in [7, 11) is 1.60. The summed E-state index contributed by atoms with van der Waals surface area (Å²) in [5, 5.41) is 13.7. The largest absolute Gasteiger partial charge is 0.416 e. The van der Waals surface area contributed by atoms with Gasteiger partial charge in [0.2, 0.25) is 0 Å². The van der Waals surface area contributed by atoms with Crippen LogP contribution in [-0.4, -0.2) is 18.7 Å². The van der Waals surface area contributed by atoms with Gasteiger partial charge in [-0.25, -0.2) is 0 Å². The van der Waals surface area contributed by atoms with Crippen molar-refractivity contribution < 1.29 is 31.4 Å². The first-order valence-corrected chi connectivity index (χ1v) is 8.00. The average molecular weight is 387 g/mol. The number of fused-ring (bicyclic) bond motifs is 3. The summed E-state index contributed by atoms with van der Waals surface area (Å²) in [4.78, 5) is 0. The lowest BCUT2D eigenvalue weighted by atomic mass is 9.92. The molecule has 8 heteroatoms. The van der Waals surface area contributed by atoms with Gasteiger partial charge in [-0.05, 0) is 64.5 Å². The van der Waals surface area contributed by atoms with Gasteiger partial charge < -0.3 is 10.4 Å². The molecule has 2 N–H and O–H groups in total. The fourth-order valence-corrected chi connectivity index (χ4v) is 3.11. The summed E-state index contributed by atoms with van der Waals surface area (Å²) >= 11 is 0. The number of nitrogens with one attached hydrogen (secondary N) is 1. The number of aliphatic hydroxyl groups is 1. The maximum Gasteiger partial charge on any atom is 0.416 e. The third kappa shape index (κ3) is 3.72. The van der Waals surface area contributed by atoms with Crippen LogP contribution < -0.4 is 5.32 Å². The molecule has 1 atom stereocenters. The normalized spacial score (nSPS) is 14.1. The average Bonchev–Trinajstić information content (AvgIpc) is 2.58. The maximum atomic E-state index is 13.1. The molecule has 0 aromatic heterocycles. The smallest absolute Gasteiger partial charge is 0.387 e. The van der Waals surface area contributed by atoms with Crippen LogP contribution in [0.25, 0.3) is 21.5 Å². The van der Waals surface area contributed by atoms with Gasteiger partial charge in [0.1, 0.15) is 0 Å². The molecule has 3 rings (SSSR count). The van der Waals surface area contributed by atoms with Crippen LogP contribution in [-0.2, 0) is 12.4 Å². The molecule has 3 aromatic rings. The molecule has 0 saturated carbocycles. The molecule has 0 heterocycles. The zero-order valence-corrected chi connectivity index (χ0v) is 14.0. The fraction of sp³-hybridized carbons (Fsp3) is 0.263. The van der Waals surface area contributed by atoms with E-state index in [2.05, 4.69) is 5.32 Å². The van der Waals surface area contributed by atoms with E-state index in [4.69, 9.17) is 0 Å². The van der Waals surface area contributed by atoms with E-state index in [-0.39, 0.29) is 22.7 Å². The SMILES string of the molecule is CNC[C@H](O)c1cc2ccc(C(F)(F)F)cc2c2cc(C(F)(F)F)ccc12. The molecule has 0 fully saturated rings. The molecule has 0 aliphatic heterocycles. The van der Waals surface area contributed by atoms with Crippen molar-refractivity contribution in [3.05, 3.63) is 59.2 Å². The predicted octanol–water partition coefficient (Wildman–Crippen LogP) is 5.28. The summed E-state index contributed by atoms with van der Waals surface area (Å²) in [6.45, 7) is 0.141. The molecule has 0 aliphatic carbocycles. The molecular formula is C19H15F6NO. The summed E-state index contributed by atoms with van der Waals surface area (Å²) in [5.41, 5.74) is -1.56. The Hall–Kier alpha value is -2.32. The first-order valence-electron chi connectivity index (χ1n) is 8.00. The second-order valence-corrected chi connectivity index (χ2v) is 6.23. The highest BCUT2D eigenvalue weighted by Gasteiger charge is 2.32. The van der Waals surface area contributed by atoms with Crippen molar-refractivity contribution in [1.82, 2.24) is 5.32 Å². The van der Waals surface area contributed by atoms with Crippen molar-refractivity contribution in [2.75, 3.05) is 13.6 Å². The van der Waals surface area contributed by atoms with Crippen LogP contribution in [0.5, 0.6) is 0 Å². The van der Waals surface area contributed by atoms with Crippen molar-refractivity contribution >= 4 is 21.5 Å². The molecular weight excluding hydrogens is 372 g/mol. The minimum atomic E-state index is -4.64. The van der Waals surface area contributed by atoms with E-state index in [9.17, 15) is 31.4 Å². The predicted molar refractivity (Wildman–Crippen MR) is 90.3 cm³/mol. The third-order valence-electron chi connectivity index (χ3n) is 4.40. The van der Waals surface area contributed by atoms with Gasteiger partial charge in [-0.3, -0.25) is 0 Å². The number of likely N-dealkylation sites (N-methyl/N-ethyl adjacent to an activating group) is 1. The van der Waals surface area contributed by atoms with E-state index >= 15 is 0 Å². The first-order chi connectivity index (χ1) is 12.5. The Bertz CT molecular complexity index is 993. The van der Waals surface area contributed by atoms with E-state index in [1.807, 2.05) is 0 Å². The van der Waals surface area contributed by atoms with Gasteiger partial charge in [0, 0.05) is 6.54 Å². The summed E-state index contributed by atoms with van der Waals surface area (Å²) < 4.78 is 78.6. The van der Waals surface area contributed by atoms with Gasteiger partial charge in [-0.15, -0.1) is 0 Å². The van der Waals surface area contributed by atoms with Crippen molar-refractivity contribution in [2.45, 2.75) is 18.5 Å². The number of hydrogen-bond donors (Lipinski definition) is 2. The van der Waals surface area contributed by atoms with Gasteiger partial charge in [-0.1, -0.05) is 12.1 Å². The Morgan fingerprint density at radius 3 is 1.93 bits per heavy atom. The number of aliphatic hydroxyl groups excluding tert-OH is 1. The summed E-state index contributed by atoms with van der Waals surface area (Å²) in [5.74, 6) is 0. The minimum Gasteiger partial charge on any atom is -0.387 e. The van der Waals surface area contributed by atoms with Crippen LogP contribution >= 0.6 is 0 Å². The Morgan fingerprint density at radius 1 is 0.815 bits per heavy atom. The second kappa shape index (κ2) is 6.69. The van der Waals surface area contributed by atoms with Crippen molar-refractivity contribution in [3.8, 4) is 0 Å². The van der Waals surface area contributed by atoms with E-state index in [1.54, 1.807) is 7.05 Å². The zero-order chi connectivity index (χ0) is 20.0. The van der Waals surface area contributed by atoms with Crippen LogP contribution in [0.3, 0.4) is 0 Å². The molecule has 0 unspecified atom stereocenters. The van der Waals surface area contributed by atoms with Crippen LogP contribution in [0.4, 0.5) is 26.3 Å². The van der Waals surface area contributed by atoms with E-state index in [0.29, 0.717) is 10.9 Å². The second-order valence-electron chi connectivity index (χ2n) is 6.23. The Kier molecular flexibility index (Phi) is 4.81. The lowest BCUT2D eigenvalue weighted by Crippen LogP contribution is -2.17. The van der Waals surface area contributed by atoms with E-state index < -0.39 is 29.6 Å². The topological polar surface area (TPSA) is 32.3 Å². The monoisotopic (exact) mass is 387 g/mol. The first kappa shape index (κ1) is 19.4. The van der Waals surface area contributed by atoms with Crippen LogP contribution in [0.15, 0.2) is 42.5 Å². The highest BCUT2D eigenvalue weighted by Crippen LogP contribution is 2.39. The van der Waals surface area contributed by atoms with Crippen LogP contribution in [0.1, 0.15) is 22.8 Å². The van der Waals surface area contributed by atoms with Gasteiger partial charge in [0.15, 0.2) is 0 Å². The van der Waals surface area contributed by atoms with Crippen LogP contribution in [0, 0.1) is 0 Å². The van der Waals surface area contributed by atoms with Gasteiger partial charge in [0.25, 0.3) is 0 Å². The summed E-state index contributed by atoms with van der Waals surface area (Å²) in [6.07, 6.45) is -10.3. The Morgan fingerprint density at radius 2 is 1.37 bits per heavy atom. The van der Waals surface area contributed by atoms with E-state index in [0.717, 1.165) is 24.3 Å². The Balaban J connectivity index is 2.39. The molecule has 27 heavy (non-hydrogen) atoms. The Labute approximate surface area is 150 Å². The number of rotatable bonds is 3. The molecule has 2 nitrogen and oxygen atoms in total. The quantitative estimate of drug-likeness (QED) is 0.473. The lowest BCUT2D eigenvalue weighted by Gasteiger charge is -2.18. The molecule has 0 saturated heterocycles. The molecule has 0 radical (unpaired) electrons. The highest BCUT2D eigenvalue weighted by molar-refractivity contribution is 6.09. The number of benzene rings is 3. The standard InChI is InChI=1S/C19H15F6NO/c1-26-9-17(27)16-6-10-2-3-11(18(20,21)22)7-14(10)15-8-12(19(23,24)25)4-5-13(15)16/h2-8,17,26-27H,9H2,1H3/t17-/m0/s1. The fourth-order valence-electron chi connectivity index (χ4n) is 3.11. The van der Waals surface area contributed by atoms with E-state index in [1.165, 1.54) is 18.2 Å². The number of alkyl halides is 6. The van der Waals surface area contributed by atoms with Crippen LogP contribution in [0.2, 0.25) is 0 Å². The molecule has 0 amide bonds.